The quantitative estimate of drug-likeness (QED) is 0.200. The van der Waals surface area contributed by atoms with Crippen LogP contribution in [0.5, 0.6) is 0 Å². The zero-order chi connectivity index (χ0) is 29.5. The Labute approximate surface area is 250 Å². The van der Waals surface area contributed by atoms with Gasteiger partial charge in [0, 0.05) is 37.0 Å². The molecule has 0 aliphatic rings. The Hall–Kier alpha value is -4.37. The van der Waals surface area contributed by atoms with Crippen LogP contribution in [0.2, 0.25) is 0 Å². The highest BCUT2D eigenvalue weighted by Gasteiger charge is 2.17. The molecule has 0 fully saturated rings. The number of alkyl halides is 2. The molecule has 4 aromatic rings. The van der Waals surface area contributed by atoms with E-state index in [1.54, 1.807) is 35.3 Å². The molecule has 0 aliphatic heterocycles. The summed E-state index contributed by atoms with van der Waals surface area (Å²) in [5.41, 5.74) is 5.47. The Morgan fingerprint density at radius 1 is 0.878 bits per heavy atom. The first-order valence-corrected chi connectivity index (χ1v) is 14.1. The topological polar surface area (TPSA) is 119 Å². The molecule has 210 valence electrons. The van der Waals surface area contributed by atoms with Gasteiger partial charge in [-0.15, -0.1) is 23.2 Å². The maximum Gasteiger partial charge on any atom is 0.303 e. The summed E-state index contributed by atoms with van der Waals surface area (Å²) in [6.07, 6.45) is 4.81. The van der Waals surface area contributed by atoms with Gasteiger partial charge in [-0.25, -0.2) is 9.67 Å². The number of aromatic nitrogens is 3. The van der Waals surface area contributed by atoms with Crippen LogP contribution >= 0.6 is 23.2 Å². The molecule has 0 unspecified atom stereocenters. The summed E-state index contributed by atoms with van der Waals surface area (Å²) in [4.78, 5) is 16.6. The lowest BCUT2D eigenvalue weighted by Crippen LogP contribution is -2.27. The molecular formula is C31H30Cl2N6O2. The molecule has 1 aromatic heterocycles. The molecule has 0 radical (unpaired) electrons. The van der Waals surface area contributed by atoms with Gasteiger partial charge < -0.3 is 10.0 Å². The van der Waals surface area contributed by atoms with Crippen LogP contribution in [0.4, 0.5) is 5.69 Å². The molecule has 0 aliphatic carbocycles. The predicted molar refractivity (Wildman–Crippen MR) is 160 cm³/mol. The summed E-state index contributed by atoms with van der Waals surface area (Å²) in [5, 5.41) is 30.7. The van der Waals surface area contributed by atoms with Gasteiger partial charge in [0.2, 0.25) is 0 Å². The number of hydrogen-bond donors (Lipinski definition) is 1. The summed E-state index contributed by atoms with van der Waals surface area (Å²) < 4.78 is 1.75. The maximum absolute atomic E-state index is 10.4. The van der Waals surface area contributed by atoms with E-state index in [1.807, 2.05) is 48.5 Å². The van der Waals surface area contributed by atoms with E-state index in [4.69, 9.17) is 38.8 Å². The normalized spacial score (nSPS) is 10.3. The molecule has 4 rings (SSSR count). The molecule has 0 amide bonds. The first kappa shape index (κ1) is 31.2. The number of nitrogens with zero attached hydrogens (tertiary/aromatic N) is 6. The maximum atomic E-state index is 10.4. The van der Waals surface area contributed by atoms with Crippen LogP contribution in [-0.4, -0.2) is 50.7 Å². The van der Waals surface area contributed by atoms with Crippen molar-refractivity contribution in [3.8, 4) is 12.1 Å². The van der Waals surface area contributed by atoms with Crippen LogP contribution in [0.25, 0.3) is 0 Å². The molecule has 0 saturated heterocycles. The summed E-state index contributed by atoms with van der Waals surface area (Å²) in [6, 6.07) is 27.0. The lowest BCUT2D eigenvalue weighted by molar-refractivity contribution is -0.137. The minimum atomic E-state index is -0.743. The lowest BCUT2D eigenvalue weighted by atomic mass is 9.97. The average Bonchev–Trinajstić information content (AvgIpc) is 3.53. The second-order valence-corrected chi connectivity index (χ2v) is 9.78. The number of hydrogen-bond acceptors (Lipinski definition) is 6. The van der Waals surface area contributed by atoms with Crippen molar-refractivity contribution < 1.29 is 9.90 Å². The Balaban J connectivity index is 0.000000229. The number of carboxylic acid groups (broad SMARTS) is 1. The first-order valence-electron chi connectivity index (χ1n) is 13.0. The van der Waals surface area contributed by atoms with Gasteiger partial charge >= 0.3 is 5.97 Å². The zero-order valence-corrected chi connectivity index (χ0v) is 23.9. The highest BCUT2D eigenvalue weighted by atomic mass is 35.5. The Bertz CT molecular complexity index is 1370. The average molecular weight is 590 g/mol. The van der Waals surface area contributed by atoms with Crippen LogP contribution < -0.4 is 4.90 Å². The number of halogens is 2. The van der Waals surface area contributed by atoms with E-state index >= 15 is 0 Å². The minimum Gasteiger partial charge on any atom is -0.481 e. The largest absolute Gasteiger partial charge is 0.481 e. The van der Waals surface area contributed by atoms with Crippen LogP contribution in [0.15, 0.2) is 85.5 Å². The van der Waals surface area contributed by atoms with Gasteiger partial charge in [-0.1, -0.05) is 36.4 Å². The summed E-state index contributed by atoms with van der Waals surface area (Å²) in [7, 11) is 0. The van der Waals surface area contributed by atoms with E-state index < -0.39 is 5.97 Å². The number of aryl methyl sites for hydroxylation is 1. The van der Waals surface area contributed by atoms with Gasteiger partial charge in [0.15, 0.2) is 0 Å². The number of carboxylic acids is 1. The monoisotopic (exact) mass is 588 g/mol. The third-order valence-electron chi connectivity index (χ3n) is 6.28. The van der Waals surface area contributed by atoms with Crippen LogP contribution in [0, 0.1) is 22.7 Å². The zero-order valence-electron chi connectivity index (χ0n) is 22.4. The number of anilines is 1. The molecule has 8 nitrogen and oxygen atoms in total. The number of benzene rings is 3. The fourth-order valence-electron chi connectivity index (χ4n) is 4.22. The van der Waals surface area contributed by atoms with E-state index in [0.29, 0.717) is 29.3 Å². The number of rotatable bonds is 12. The van der Waals surface area contributed by atoms with Crippen LogP contribution in [0.3, 0.4) is 0 Å². The second kappa shape index (κ2) is 16.7. The van der Waals surface area contributed by atoms with Crippen molar-refractivity contribution in [1.82, 2.24) is 14.8 Å². The summed E-state index contributed by atoms with van der Waals surface area (Å²) in [6.45, 7) is 1.54. The third-order valence-corrected chi connectivity index (χ3v) is 6.62. The van der Waals surface area contributed by atoms with E-state index in [1.165, 1.54) is 6.33 Å². The smallest absolute Gasteiger partial charge is 0.303 e. The standard InChI is InChI=1S/C17H11N5.C14H19Cl2NO2/c18-9-13-1-5-15(6-2-13)17(22-12-20-11-21-22)16-7-3-14(10-19)4-8-16;15-8-10-17(11-9-16)13-6-4-12(5-7-13)2-1-3-14(18)19/h1-8,11-12,17H;4-7H,1-3,8-11H2,(H,18,19). The second-order valence-electron chi connectivity index (χ2n) is 9.02. The van der Waals surface area contributed by atoms with E-state index in [9.17, 15) is 4.79 Å². The number of carbonyl (C=O) groups is 1. The van der Waals surface area contributed by atoms with Crippen molar-refractivity contribution in [1.29, 1.82) is 10.5 Å². The fraction of sp³-hybridized carbons (Fsp3) is 0.258. The van der Waals surface area contributed by atoms with Crippen molar-refractivity contribution in [2.45, 2.75) is 25.3 Å². The van der Waals surface area contributed by atoms with Crippen LogP contribution in [0.1, 0.15) is 46.7 Å². The van der Waals surface area contributed by atoms with Gasteiger partial charge in [-0.05, 0) is 65.9 Å². The fourth-order valence-corrected chi connectivity index (χ4v) is 4.63. The van der Waals surface area contributed by atoms with Gasteiger partial charge in [0.25, 0.3) is 0 Å². The molecule has 3 aromatic carbocycles. The Morgan fingerprint density at radius 2 is 1.41 bits per heavy atom. The first-order chi connectivity index (χ1) is 20.0. The number of nitriles is 2. The van der Waals surface area contributed by atoms with Crippen molar-refractivity contribution in [3.05, 3.63) is 113 Å². The molecular weight excluding hydrogens is 559 g/mol. The predicted octanol–water partition coefficient (Wildman–Crippen LogP) is 6.04. The van der Waals surface area contributed by atoms with Gasteiger partial charge in [-0.2, -0.15) is 15.6 Å². The third kappa shape index (κ3) is 9.65. The van der Waals surface area contributed by atoms with Crippen molar-refractivity contribution in [3.63, 3.8) is 0 Å². The molecule has 1 N–H and O–H groups in total. The van der Waals surface area contributed by atoms with Gasteiger partial charge in [0.1, 0.15) is 18.7 Å². The summed E-state index contributed by atoms with van der Waals surface area (Å²) >= 11 is 11.5. The minimum absolute atomic E-state index is 0.150. The molecule has 10 heteroatoms. The Kier molecular flexibility index (Phi) is 12.7. The van der Waals surface area contributed by atoms with Crippen molar-refractivity contribution in [2.75, 3.05) is 29.7 Å². The molecule has 0 bridgehead atoms. The van der Waals surface area contributed by atoms with E-state index in [2.05, 4.69) is 27.1 Å². The Morgan fingerprint density at radius 3 is 1.83 bits per heavy atom. The van der Waals surface area contributed by atoms with E-state index in [0.717, 1.165) is 41.9 Å². The van der Waals surface area contributed by atoms with Gasteiger partial charge in [-0.3, -0.25) is 4.79 Å². The van der Waals surface area contributed by atoms with Gasteiger partial charge in [0.05, 0.1) is 23.3 Å². The number of aliphatic carboxylic acids is 1. The summed E-state index contributed by atoms with van der Waals surface area (Å²) in [5.74, 6) is 0.390. The molecule has 41 heavy (non-hydrogen) atoms. The van der Waals surface area contributed by atoms with Crippen molar-refractivity contribution >= 4 is 34.9 Å². The molecule has 0 atom stereocenters. The highest BCUT2D eigenvalue weighted by molar-refractivity contribution is 6.18. The molecule has 0 saturated carbocycles. The lowest BCUT2D eigenvalue weighted by Gasteiger charge is -2.23. The van der Waals surface area contributed by atoms with E-state index in [-0.39, 0.29) is 12.5 Å². The SMILES string of the molecule is N#Cc1ccc(C(c2ccc(C#N)cc2)n2cncn2)cc1.O=C(O)CCCc1ccc(N(CCCl)CCCl)cc1. The molecule has 1 heterocycles. The van der Waals surface area contributed by atoms with Crippen LogP contribution in [-0.2, 0) is 11.2 Å². The molecule has 0 spiro atoms. The van der Waals surface area contributed by atoms with Crippen molar-refractivity contribution in [2.24, 2.45) is 0 Å². The highest BCUT2D eigenvalue weighted by Crippen LogP contribution is 2.26.